The van der Waals surface area contributed by atoms with Crippen molar-refractivity contribution in [2.24, 2.45) is 0 Å². The number of halogens is 1. The number of aromatic nitrogens is 3. The first-order valence-corrected chi connectivity index (χ1v) is 10.4. The van der Waals surface area contributed by atoms with Gasteiger partial charge in [0.2, 0.25) is 0 Å². The number of benzene rings is 2. The van der Waals surface area contributed by atoms with Crippen LogP contribution in [0.2, 0.25) is 0 Å². The van der Waals surface area contributed by atoms with Crippen molar-refractivity contribution in [3.05, 3.63) is 83.1 Å². The lowest BCUT2D eigenvalue weighted by molar-refractivity contribution is 0.0962. The van der Waals surface area contributed by atoms with Crippen LogP contribution in [0.3, 0.4) is 0 Å². The summed E-state index contributed by atoms with van der Waals surface area (Å²) < 4.78 is 20.4. The third kappa shape index (κ3) is 3.38. The minimum absolute atomic E-state index is 0.0729. The van der Waals surface area contributed by atoms with Crippen LogP contribution in [0, 0.1) is 5.82 Å². The van der Waals surface area contributed by atoms with Crippen molar-refractivity contribution >= 4 is 11.4 Å². The standard InChI is InChI=1S/C25H22FN3O2/c1-3-21-24(16-4-8-18(26)9-5-16)25-27-22-12-17(15-6-10-19(31-2)11-7-15)13-23(30)20(22)14-29(25)28-21/h4-11,14,17H,3,12-13H2,1-2H3. The molecule has 4 aromatic rings. The maximum absolute atomic E-state index is 13.5. The number of methoxy groups -OCH3 is 1. The van der Waals surface area contributed by atoms with Crippen LogP contribution >= 0.6 is 0 Å². The highest BCUT2D eigenvalue weighted by molar-refractivity contribution is 5.99. The maximum atomic E-state index is 13.5. The summed E-state index contributed by atoms with van der Waals surface area (Å²) in [4.78, 5) is 17.9. The van der Waals surface area contributed by atoms with Crippen LogP contribution in [-0.4, -0.2) is 27.5 Å². The van der Waals surface area contributed by atoms with E-state index in [2.05, 4.69) is 5.10 Å². The van der Waals surface area contributed by atoms with Gasteiger partial charge in [0.25, 0.3) is 0 Å². The molecule has 2 heterocycles. The first-order chi connectivity index (χ1) is 15.1. The zero-order valence-electron chi connectivity index (χ0n) is 17.4. The van der Waals surface area contributed by atoms with E-state index in [1.54, 1.807) is 30.0 Å². The van der Waals surface area contributed by atoms with Crippen molar-refractivity contribution in [2.75, 3.05) is 7.11 Å². The van der Waals surface area contributed by atoms with Crippen LogP contribution in [-0.2, 0) is 12.8 Å². The number of ether oxygens (including phenoxy) is 1. The zero-order chi connectivity index (χ0) is 21.5. The summed E-state index contributed by atoms with van der Waals surface area (Å²) in [5.74, 6) is 0.662. The fourth-order valence-corrected chi connectivity index (χ4v) is 4.35. The minimum atomic E-state index is -0.281. The highest BCUT2D eigenvalue weighted by Crippen LogP contribution is 2.35. The minimum Gasteiger partial charge on any atom is -0.497 e. The number of fused-ring (bicyclic) bond motifs is 2. The molecule has 1 atom stereocenters. The second-order valence-corrected chi connectivity index (χ2v) is 7.85. The van der Waals surface area contributed by atoms with Crippen LogP contribution in [0.1, 0.15) is 46.6 Å². The Kier molecular flexibility index (Phi) is 4.77. The number of ketones is 1. The molecule has 1 aliphatic rings. The van der Waals surface area contributed by atoms with Gasteiger partial charge in [0, 0.05) is 18.2 Å². The average Bonchev–Trinajstić information content (AvgIpc) is 3.16. The Morgan fingerprint density at radius 3 is 2.52 bits per heavy atom. The zero-order valence-corrected chi connectivity index (χ0v) is 17.4. The van der Waals surface area contributed by atoms with Gasteiger partial charge < -0.3 is 4.74 Å². The molecule has 0 bridgehead atoms. The Morgan fingerprint density at radius 1 is 1.10 bits per heavy atom. The highest BCUT2D eigenvalue weighted by atomic mass is 19.1. The second kappa shape index (κ2) is 7.61. The molecule has 5 nitrogen and oxygen atoms in total. The third-order valence-electron chi connectivity index (χ3n) is 5.99. The van der Waals surface area contributed by atoms with Crippen molar-refractivity contribution in [3.63, 3.8) is 0 Å². The number of carbonyl (C=O) groups is 1. The quantitative estimate of drug-likeness (QED) is 0.470. The van der Waals surface area contributed by atoms with Crippen LogP contribution in [0.5, 0.6) is 5.75 Å². The van der Waals surface area contributed by atoms with Crippen molar-refractivity contribution in [1.29, 1.82) is 0 Å². The topological polar surface area (TPSA) is 56.5 Å². The molecule has 0 fully saturated rings. The largest absolute Gasteiger partial charge is 0.497 e. The van der Waals surface area contributed by atoms with E-state index in [9.17, 15) is 9.18 Å². The number of nitrogens with zero attached hydrogens (tertiary/aromatic N) is 3. The van der Waals surface area contributed by atoms with E-state index in [1.165, 1.54) is 12.1 Å². The average molecular weight is 415 g/mol. The summed E-state index contributed by atoms with van der Waals surface area (Å²) in [6, 6.07) is 14.2. The number of rotatable bonds is 4. The van der Waals surface area contributed by atoms with Gasteiger partial charge in [-0.05, 0) is 54.2 Å². The Hall–Kier alpha value is -3.54. The smallest absolute Gasteiger partial charge is 0.166 e. The third-order valence-corrected chi connectivity index (χ3v) is 5.99. The van der Waals surface area contributed by atoms with Crippen LogP contribution in [0.25, 0.3) is 16.8 Å². The molecule has 156 valence electrons. The Labute approximate surface area is 179 Å². The van der Waals surface area contributed by atoms with E-state index in [0.717, 1.165) is 33.8 Å². The highest BCUT2D eigenvalue weighted by Gasteiger charge is 2.29. The molecule has 1 unspecified atom stereocenters. The fraction of sp³-hybridized carbons (Fsp3) is 0.240. The van der Waals surface area contributed by atoms with Gasteiger partial charge in [-0.15, -0.1) is 0 Å². The van der Waals surface area contributed by atoms with E-state index < -0.39 is 0 Å². The van der Waals surface area contributed by atoms with Gasteiger partial charge in [-0.1, -0.05) is 31.2 Å². The lowest BCUT2D eigenvalue weighted by atomic mass is 9.82. The number of hydrogen-bond donors (Lipinski definition) is 0. The first-order valence-electron chi connectivity index (χ1n) is 10.4. The molecule has 0 radical (unpaired) electrons. The summed E-state index contributed by atoms with van der Waals surface area (Å²) in [6.07, 6.45) is 3.64. The van der Waals surface area contributed by atoms with Gasteiger partial charge >= 0.3 is 0 Å². The molecule has 5 rings (SSSR count). The van der Waals surface area contributed by atoms with E-state index >= 15 is 0 Å². The molecular formula is C25H22FN3O2. The fourth-order valence-electron chi connectivity index (χ4n) is 4.35. The van der Waals surface area contributed by atoms with Crippen molar-refractivity contribution in [1.82, 2.24) is 14.6 Å². The molecule has 0 N–H and O–H groups in total. The lowest BCUT2D eigenvalue weighted by Crippen LogP contribution is -2.21. The first kappa shape index (κ1) is 19.4. The number of Topliss-reactive ketones (excluding diaryl/α,β-unsaturated/α-hetero) is 1. The van der Waals surface area contributed by atoms with Gasteiger partial charge in [0.1, 0.15) is 11.6 Å². The summed E-state index contributed by atoms with van der Waals surface area (Å²) in [5, 5.41) is 4.66. The molecular weight excluding hydrogens is 393 g/mol. The van der Waals surface area contributed by atoms with Gasteiger partial charge in [-0.2, -0.15) is 5.10 Å². The number of hydrogen-bond acceptors (Lipinski definition) is 4. The van der Waals surface area contributed by atoms with Crippen molar-refractivity contribution in [3.8, 4) is 16.9 Å². The van der Waals surface area contributed by atoms with Gasteiger partial charge in [0.05, 0.1) is 24.1 Å². The molecule has 2 aromatic heterocycles. The summed E-state index contributed by atoms with van der Waals surface area (Å²) in [7, 11) is 1.64. The summed E-state index contributed by atoms with van der Waals surface area (Å²) >= 11 is 0. The predicted molar refractivity (Wildman–Crippen MR) is 116 cm³/mol. The van der Waals surface area contributed by atoms with Crippen molar-refractivity contribution in [2.45, 2.75) is 32.1 Å². The predicted octanol–water partition coefficient (Wildman–Crippen LogP) is 5.02. The lowest BCUT2D eigenvalue weighted by Gasteiger charge is -2.23. The van der Waals surface area contributed by atoms with Crippen LogP contribution in [0.4, 0.5) is 4.39 Å². The van der Waals surface area contributed by atoms with Crippen molar-refractivity contribution < 1.29 is 13.9 Å². The Morgan fingerprint density at radius 2 is 1.84 bits per heavy atom. The molecule has 0 amide bonds. The number of carbonyl (C=O) groups excluding carboxylic acids is 1. The Balaban J connectivity index is 1.60. The van der Waals surface area contributed by atoms with E-state index in [4.69, 9.17) is 9.72 Å². The summed E-state index contributed by atoms with van der Waals surface area (Å²) in [6.45, 7) is 2.03. The molecule has 0 saturated carbocycles. The molecule has 0 spiro atoms. The van der Waals surface area contributed by atoms with E-state index in [0.29, 0.717) is 30.5 Å². The van der Waals surface area contributed by atoms with Gasteiger partial charge in [0.15, 0.2) is 11.4 Å². The molecule has 0 aliphatic heterocycles. The monoisotopic (exact) mass is 415 g/mol. The van der Waals surface area contributed by atoms with E-state index in [-0.39, 0.29) is 17.5 Å². The maximum Gasteiger partial charge on any atom is 0.166 e. The molecule has 2 aromatic carbocycles. The summed E-state index contributed by atoms with van der Waals surface area (Å²) in [5.41, 5.74) is 5.86. The van der Waals surface area contributed by atoms with Gasteiger partial charge in [-0.25, -0.2) is 13.9 Å². The molecule has 31 heavy (non-hydrogen) atoms. The SMILES string of the molecule is CCc1nn2cc3c(nc2c1-c1ccc(F)cc1)CC(c1ccc(OC)cc1)CC3=O. The normalized spacial score (nSPS) is 15.8. The molecule has 6 heteroatoms. The van der Waals surface area contributed by atoms with Crippen LogP contribution in [0.15, 0.2) is 54.7 Å². The van der Waals surface area contributed by atoms with Crippen LogP contribution < -0.4 is 4.74 Å². The molecule has 0 saturated heterocycles. The molecule has 1 aliphatic carbocycles. The number of aryl methyl sites for hydroxylation is 1. The van der Waals surface area contributed by atoms with Gasteiger partial charge in [-0.3, -0.25) is 4.79 Å². The second-order valence-electron chi connectivity index (χ2n) is 7.85. The van der Waals surface area contributed by atoms with E-state index in [1.807, 2.05) is 31.2 Å². The Bertz CT molecular complexity index is 1280.